The topological polar surface area (TPSA) is 49.4 Å². The molecule has 1 heterocycles. The van der Waals surface area contributed by atoms with Gasteiger partial charge in [-0.1, -0.05) is 30.3 Å². The summed E-state index contributed by atoms with van der Waals surface area (Å²) in [7, 11) is 0. The molecule has 0 saturated carbocycles. The van der Waals surface area contributed by atoms with E-state index in [2.05, 4.69) is 5.32 Å². The summed E-state index contributed by atoms with van der Waals surface area (Å²) in [4.78, 5) is 26.2. The molecule has 0 unspecified atom stereocenters. The number of amides is 2. The minimum absolute atomic E-state index is 0.00834. The van der Waals surface area contributed by atoms with Crippen LogP contribution in [-0.2, 0) is 11.2 Å². The summed E-state index contributed by atoms with van der Waals surface area (Å²) in [5, 5.41) is 2.95. The van der Waals surface area contributed by atoms with Crippen LogP contribution in [0.15, 0.2) is 48.5 Å². The second-order valence-electron chi connectivity index (χ2n) is 6.72. The van der Waals surface area contributed by atoms with Crippen LogP contribution in [0.3, 0.4) is 0 Å². The number of nitrogens with one attached hydrogen (secondary N) is 1. The Morgan fingerprint density at radius 1 is 1.04 bits per heavy atom. The van der Waals surface area contributed by atoms with Gasteiger partial charge in [0.05, 0.1) is 5.56 Å². The van der Waals surface area contributed by atoms with E-state index in [0.29, 0.717) is 38.5 Å². The Bertz CT molecular complexity index is 803. The van der Waals surface area contributed by atoms with E-state index >= 15 is 0 Å². The average Bonchev–Trinajstić information content (AvgIpc) is 2.68. The van der Waals surface area contributed by atoms with Gasteiger partial charge in [0.25, 0.3) is 5.91 Å². The van der Waals surface area contributed by atoms with E-state index in [4.69, 9.17) is 0 Å². The lowest BCUT2D eigenvalue weighted by Gasteiger charge is -2.31. The highest BCUT2D eigenvalue weighted by atomic mass is 19.1. The second kappa shape index (κ2) is 8.75. The molecule has 0 radical (unpaired) electrons. The van der Waals surface area contributed by atoms with Crippen molar-refractivity contribution in [3.8, 4) is 0 Å². The molecule has 142 valence electrons. The van der Waals surface area contributed by atoms with Gasteiger partial charge in [-0.05, 0) is 37.0 Å². The molecule has 27 heavy (non-hydrogen) atoms. The zero-order valence-electron chi connectivity index (χ0n) is 15.0. The fourth-order valence-corrected chi connectivity index (χ4v) is 3.30. The van der Waals surface area contributed by atoms with Crippen molar-refractivity contribution in [2.75, 3.05) is 19.6 Å². The first-order valence-corrected chi connectivity index (χ1v) is 9.10. The molecule has 1 aliphatic heterocycles. The van der Waals surface area contributed by atoms with Crippen molar-refractivity contribution >= 4 is 11.8 Å². The Morgan fingerprint density at radius 2 is 1.74 bits per heavy atom. The number of carbonyl (C=O) groups excluding carboxylic acids is 2. The summed E-state index contributed by atoms with van der Waals surface area (Å²) in [6.07, 6.45) is 1.84. The standard InChI is InChI=1S/C21H22F2N2O2/c22-17-6-7-18(19(23)14-17)21(27)25-12-9-16(10-13-25)20(26)24-11-8-15-4-2-1-3-5-15/h1-7,14,16H,8-13H2,(H,24,26). The number of benzene rings is 2. The third-order valence-electron chi connectivity index (χ3n) is 4.87. The van der Waals surface area contributed by atoms with Crippen LogP contribution in [0.1, 0.15) is 28.8 Å². The Balaban J connectivity index is 1.46. The van der Waals surface area contributed by atoms with Crippen molar-refractivity contribution in [2.45, 2.75) is 19.3 Å². The van der Waals surface area contributed by atoms with Crippen molar-refractivity contribution in [3.63, 3.8) is 0 Å². The second-order valence-corrected chi connectivity index (χ2v) is 6.72. The van der Waals surface area contributed by atoms with Gasteiger partial charge in [-0.2, -0.15) is 0 Å². The van der Waals surface area contributed by atoms with Crippen LogP contribution in [0.25, 0.3) is 0 Å². The molecule has 0 atom stereocenters. The monoisotopic (exact) mass is 372 g/mol. The minimum Gasteiger partial charge on any atom is -0.356 e. The summed E-state index contributed by atoms with van der Waals surface area (Å²) >= 11 is 0. The average molecular weight is 372 g/mol. The Hall–Kier alpha value is -2.76. The molecule has 2 aromatic carbocycles. The lowest BCUT2D eigenvalue weighted by Crippen LogP contribution is -2.43. The predicted octanol–water partition coefficient (Wildman–Crippen LogP) is 3.18. The molecule has 1 N–H and O–H groups in total. The fraction of sp³-hybridized carbons (Fsp3) is 0.333. The molecule has 0 aliphatic carbocycles. The first kappa shape index (κ1) is 19.0. The van der Waals surface area contributed by atoms with E-state index in [-0.39, 0.29) is 17.4 Å². The highest BCUT2D eigenvalue weighted by Gasteiger charge is 2.28. The minimum atomic E-state index is -0.860. The van der Waals surface area contributed by atoms with E-state index in [0.717, 1.165) is 18.6 Å². The summed E-state index contributed by atoms with van der Waals surface area (Å²) in [6.45, 7) is 1.33. The summed E-state index contributed by atoms with van der Waals surface area (Å²) in [6, 6.07) is 12.9. The van der Waals surface area contributed by atoms with E-state index in [9.17, 15) is 18.4 Å². The molecule has 0 bridgehead atoms. The summed E-state index contributed by atoms with van der Waals surface area (Å²) in [5.74, 6) is -2.19. The van der Waals surface area contributed by atoms with E-state index in [1.54, 1.807) is 0 Å². The highest BCUT2D eigenvalue weighted by Crippen LogP contribution is 2.20. The van der Waals surface area contributed by atoms with Gasteiger partial charge in [-0.25, -0.2) is 8.78 Å². The predicted molar refractivity (Wildman–Crippen MR) is 98.1 cm³/mol. The summed E-state index contributed by atoms with van der Waals surface area (Å²) < 4.78 is 26.8. The van der Waals surface area contributed by atoms with Gasteiger partial charge in [-0.15, -0.1) is 0 Å². The third kappa shape index (κ3) is 4.90. The Morgan fingerprint density at radius 3 is 2.41 bits per heavy atom. The zero-order valence-corrected chi connectivity index (χ0v) is 15.0. The molecular weight excluding hydrogens is 350 g/mol. The van der Waals surface area contributed by atoms with Crippen LogP contribution < -0.4 is 5.32 Å². The van der Waals surface area contributed by atoms with Crippen molar-refractivity contribution < 1.29 is 18.4 Å². The maximum atomic E-state index is 13.8. The van der Waals surface area contributed by atoms with Gasteiger partial charge in [0, 0.05) is 31.6 Å². The lowest BCUT2D eigenvalue weighted by atomic mass is 9.95. The van der Waals surface area contributed by atoms with Crippen LogP contribution in [0, 0.1) is 17.6 Å². The largest absolute Gasteiger partial charge is 0.356 e. The molecule has 3 rings (SSSR count). The maximum absolute atomic E-state index is 13.8. The van der Waals surface area contributed by atoms with Gasteiger partial charge in [0.15, 0.2) is 0 Å². The number of likely N-dealkylation sites (tertiary alicyclic amines) is 1. The number of hydrogen-bond donors (Lipinski definition) is 1. The smallest absolute Gasteiger partial charge is 0.256 e. The Kier molecular flexibility index (Phi) is 6.16. The molecule has 1 aliphatic rings. The number of hydrogen-bond acceptors (Lipinski definition) is 2. The number of piperidine rings is 1. The normalized spacial score (nSPS) is 14.8. The van der Waals surface area contributed by atoms with Crippen LogP contribution in [0.2, 0.25) is 0 Å². The SMILES string of the molecule is O=C(NCCc1ccccc1)C1CCN(C(=O)c2ccc(F)cc2F)CC1. The van der Waals surface area contributed by atoms with E-state index in [1.807, 2.05) is 30.3 Å². The number of halogens is 2. The molecule has 2 aromatic rings. The Labute approximate surface area is 157 Å². The van der Waals surface area contributed by atoms with Crippen molar-refractivity contribution in [3.05, 3.63) is 71.3 Å². The number of rotatable bonds is 5. The fourth-order valence-electron chi connectivity index (χ4n) is 3.30. The van der Waals surface area contributed by atoms with Gasteiger partial charge in [-0.3, -0.25) is 9.59 Å². The number of carbonyl (C=O) groups is 2. The molecule has 6 heteroatoms. The van der Waals surface area contributed by atoms with Gasteiger partial charge < -0.3 is 10.2 Å². The quantitative estimate of drug-likeness (QED) is 0.876. The van der Waals surface area contributed by atoms with Gasteiger partial charge in [0.2, 0.25) is 5.91 Å². The van der Waals surface area contributed by atoms with Gasteiger partial charge >= 0.3 is 0 Å². The van der Waals surface area contributed by atoms with Crippen LogP contribution >= 0.6 is 0 Å². The van der Waals surface area contributed by atoms with Crippen molar-refractivity contribution in [1.82, 2.24) is 10.2 Å². The third-order valence-corrected chi connectivity index (χ3v) is 4.87. The van der Waals surface area contributed by atoms with Crippen molar-refractivity contribution in [1.29, 1.82) is 0 Å². The molecule has 0 spiro atoms. The zero-order chi connectivity index (χ0) is 19.2. The van der Waals surface area contributed by atoms with Crippen LogP contribution in [-0.4, -0.2) is 36.3 Å². The molecule has 1 saturated heterocycles. The first-order chi connectivity index (χ1) is 13.0. The molecular formula is C21H22F2N2O2. The van der Waals surface area contributed by atoms with Crippen molar-refractivity contribution in [2.24, 2.45) is 5.92 Å². The van der Waals surface area contributed by atoms with Crippen LogP contribution in [0.4, 0.5) is 8.78 Å². The molecule has 1 fully saturated rings. The van der Waals surface area contributed by atoms with E-state index in [1.165, 1.54) is 10.5 Å². The molecule has 0 aromatic heterocycles. The summed E-state index contributed by atoms with van der Waals surface area (Å²) in [5.41, 5.74) is 1.03. The number of nitrogens with zero attached hydrogens (tertiary/aromatic N) is 1. The molecule has 4 nitrogen and oxygen atoms in total. The first-order valence-electron chi connectivity index (χ1n) is 9.10. The molecule has 2 amide bonds. The lowest BCUT2D eigenvalue weighted by molar-refractivity contribution is -0.126. The van der Waals surface area contributed by atoms with Gasteiger partial charge in [0.1, 0.15) is 11.6 Å². The van der Waals surface area contributed by atoms with E-state index < -0.39 is 17.5 Å². The maximum Gasteiger partial charge on any atom is 0.256 e. The highest BCUT2D eigenvalue weighted by molar-refractivity contribution is 5.94. The van der Waals surface area contributed by atoms with Crippen LogP contribution in [0.5, 0.6) is 0 Å².